The highest BCUT2D eigenvalue weighted by Crippen LogP contribution is 2.21. The molecule has 1 aromatic carbocycles. The number of ether oxygens (including phenoxy) is 1. The molecule has 0 unspecified atom stereocenters. The Labute approximate surface area is 171 Å². The van der Waals surface area contributed by atoms with Gasteiger partial charge in [0.2, 0.25) is 16.0 Å². The van der Waals surface area contributed by atoms with Crippen molar-refractivity contribution >= 4 is 27.5 Å². The van der Waals surface area contributed by atoms with Crippen LogP contribution in [0.5, 0.6) is 0 Å². The van der Waals surface area contributed by atoms with Gasteiger partial charge in [0.05, 0.1) is 11.1 Å². The van der Waals surface area contributed by atoms with E-state index in [0.717, 1.165) is 6.20 Å². The molecule has 0 aliphatic rings. The molecule has 13 heteroatoms. The Morgan fingerprint density at radius 1 is 1.23 bits per heavy atom. The summed E-state index contributed by atoms with van der Waals surface area (Å²) in [6, 6.07) is 7.32. The van der Waals surface area contributed by atoms with E-state index in [1.165, 1.54) is 31.4 Å². The second kappa shape index (κ2) is 10.2. The molecule has 0 saturated carbocycles. The largest absolute Gasteiger partial charge is 0.405 e. The van der Waals surface area contributed by atoms with Crippen LogP contribution in [0.25, 0.3) is 0 Å². The predicted molar refractivity (Wildman–Crippen MR) is 103 cm³/mol. The fourth-order valence-corrected chi connectivity index (χ4v) is 3.27. The molecule has 0 aliphatic carbocycles. The van der Waals surface area contributed by atoms with Crippen molar-refractivity contribution in [1.82, 2.24) is 14.7 Å². The summed E-state index contributed by atoms with van der Waals surface area (Å²) in [6.45, 7) is -0.708. The summed E-state index contributed by atoms with van der Waals surface area (Å²) >= 11 is 0. The Kier molecular flexibility index (Phi) is 7.93. The number of benzene rings is 1. The third-order valence-electron chi connectivity index (χ3n) is 3.60. The topological polar surface area (TPSA) is 129 Å². The average molecular weight is 444 g/mol. The first-order valence-electron chi connectivity index (χ1n) is 8.58. The van der Waals surface area contributed by atoms with Crippen LogP contribution in [0, 0.1) is 11.3 Å². The number of hydrogen-bond donors (Lipinski definition) is 3. The lowest BCUT2D eigenvalue weighted by atomic mass is 10.3. The molecule has 30 heavy (non-hydrogen) atoms. The number of nitrogens with one attached hydrogen (secondary N) is 3. The maximum absolute atomic E-state index is 12.4. The average Bonchev–Trinajstić information content (AvgIpc) is 2.70. The summed E-state index contributed by atoms with van der Waals surface area (Å²) in [7, 11) is -2.16. The molecule has 2 rings (SSSR count). The summed E-state index contributed by atoms with van der Waals surface area (Å²) in [4.78, 5) is 7.78. The van der Waals surface area contributed by atoms with Gasteiger partial charge in [0, 0.05) is 25.9 Å². The zero-order valence-corrected chi connectivity index (χ0v) is 16.6. The van der Waals surface area contributed by atoms with Crippen molar-refractivity contribution in [2.24, 2.45) is 0 Å². The number of methoxy groups -OCH3 is 1. The first-order valence-corrected chi connectivity index (χ1v) is 10.1. The number of sulfonamides is 1. The SMILES string of the molecule is COCCCNS(=O)(=O)c1ccc(Nc2ncc(C#N)c(NCC(F)(F)F)n2)cc1. The van der Waals surface area contributed by atoms with E-state index in [-0.39, 0.29) is 28.8 Å². The van der Waals surface area contributed by atoms with Crippen molar-refractivity contribution in [3.8, 4) is 6.07 Å². The van der Waals surface area contributed by atoms with Gasteiger partial charge in [-0.3, -0.25) is 0 Å². The zero-order chi connectivity index (χ0) is 22.2. The minimum absolute atomic E-state index is 0.0405. The van der Waals surface area contributed by atoms with Gasteiger partial charge in [-0.1, -0.05) is 0 Å². The maximum Gasteiger partial charge on any atom is 0.405 e. The van der Waals surface area contributed by atoms with Crippen LogP contribution in [0.3, 0.4) is 0 Å². The van der Waals surface area contributed by atoms with Crippen molar-refractivity contribution in [3.05, 3.63) is 36.0 Å². The highest BCUT2D eigenvalue weighted by Gasteiger charge is 2.27. The van der Waals surface area contributed by atoms with E-state index in [0.29, 0.717) is 18.7 Å². The molecule has 0 fully saturated rings. The first-order chi connectivity index (χ1) is 14.1. The fourth-order valence-electron chi connectivity index (χ4n) is 2.20. The monoisotopic (exact) mass is 444 g/mol. The van der Waals surface area contributed by atoms with Crippen LogP contribution in [0.2, 0.25) is 0 Å². The molecule has 0 spiro atoms. The van der Waals surface area contributed by atoms with Crippen LogP contribution < -0.4 is 15.4 Å². The number of nitrogens with zero attached hydrogens (tertiary/aromatic N) is 3. The standard InChI is InChI=1S/C17H19F3N6O3S/c1-29-8-2-7-24-30(27,28)14-5-3-13(4-6-14)25-16-22-10-12(9-21)15(26-16)23-11-17(18,19)20/h3-6,10,24H,2,7-8,11H2,1H3,(H2,22,23,25,26). The van der Waals surface area contributed by atoms with Crippen molar-refractivity contribution in [1.29, 1.82) is 5.26 Å². The van der Waals surface area contributed by atoms with E-state index in [1.807, 2.05) is 0 Å². The van der Waals surface area contributed by atoms with Crippen LogP contribution in [0.4, 0.5) is 30.6 Å². The van der Waals surface area contributed by atoms with Crippen molar-refractivity contribution in [2.75, 3.05) is 37.4 Å². The number of anilines is 3. The van der Waals surface area contributed by atoms with Gasteiger partial charge in [0.25, 0.3) is 0 Å². The Balaban J connectivity index is 2.09. The van der Waals surface area contributed by atoms with E-state index in [1.54, 1.807) is 6.07 Å². The van der Waals surface area contributed by atoms with Gasteiger partial charge >= 0.3 is 6.18 Å². The normalized spacial score (nSPS) is 11.7. The van der Waals surface area contributed by atoms with Gasteiger partial charge < -0.3 is 15.4 Å². The van der Waals surface area contributed by atoms with Crippen molar-refractivity contribution in [3.63, 3.8) is 0 Å². The van der Waals surface area contributed by atoms with Crippen LogP contribution >= 0.6 is 0 Å². The molecule has 0 radical (unpaired) electrons. The van der Waals surface area contributed by atoms with E-state index >= 15 is 0 Å². The number of aromatic nitrogens is 2. The summed E-state index contributed by atoms with van der Waals surface area (Å²) in [5.74, 6) is -0.334. The first kappa shape index (κ1) is 23.3. The van der Waals surface area contributed by atoms with Gasteiger partial charge in [-0.2, -0.15) is 23.4 Å². The highest BCUT2D eigenvalue weighted by molar-refractivity contribution is 7.89. The summed E-state index contributed by atoms with van der Waals surface area (Å²) in [5, 5.41) is 13.8. The van der Waals surface area contributed by atoms with E-state index in [2.05, 4.69) is 25.3 Å². The minimum atomic E-state index is -4.48. The van der Waals surface area contributed by atoms with Crippen LogP contribution in [-0.2, 0) is 14.8 Å². The third-order valence-corrected chi connectivity index (χ3v) is 5.08. The van der Waals surface area contributed by atoms with Crippen molar-refractivity contribution < 1.29 is 26.3 Å². The van der Waals surface area contributed by atoms with Crippen LogP contribution in [0.1, 0.15) is 12.0 Å². The summed E-state index contributed by atoms with van der Waals surface area (Å²) in [5.41, 5.74) is 0.255. The molecular weight excluding hydrogens is 425 g/mol. The number of hydrogen-bond acceptors (Lipinski definition) is 8. The van der Waals surface area contributed by atoms with Gasteiger partial charge in [0.1, 0.15) is 24.0 Å². The third kappa shape index (κ3) is 7.14. The minimum Gasteiger partial charge on any atom is -0.385 e. The van der Waals surface area contributed by atoms with E-state index in [4.69, 9.17) is 10.00 Å². The quantitative estimate of drug-likeness (QED) is 0.477. The molecule has 0 atom stereocenters. The molecule has 0 saturated heterocycles. The van der Waals surface area contributed by atoms with Gasteiger partial charge in [-0.05, 0) is 30.7 Å². The Morgan fingerprint density at radius 3 is 2.53 bits per heavy atom. The number of alkyl halides is 3. The van der Waals surface area contributed by atoms with Gasteiger partial charge in [0.15, 0.2) is 0 Å². The zero-order valence-electron chi connectivity index (χ0n) is 15.8. The second-order valence-electron chi connectivity index (χ2n) is 5.93. The molecule has 0 aliphatic heterocycles. The molecule has 9 nitrogen and oxygen atoms in total. The summed E-state index contributed by atoms with van der Waals surface area (Å²) in [6.07, 6.45) is -2.88. The smallest absolute Gasteiger partial charge is 0.385 e. The Morgan fingerprint density at radius 2 is 1.93 bits per heavy atom. The van der Waals surface area contributed by atoms with Crippen LogP contribution in [0.15, 0.2) is 35.4 Å². The molecule has 162 valence electrons. The number of rotatable bonds is 10. The van der Waals surface area contributed by atoms with Gasteiger partial charge in [-0.15, -0.1) is 0 Å². The number of nitriles is 1. The molecule has 0 bridgehead atoms. The Hall–Kier alpha value is -2.95. The molecule has 1 aromatic heterocycles. The lowest BCUT2D eigenvalue weighted by Crippen LogP contribution is -2.25. The molecule has 3 N–H and O–H groups in total. The summed E-state index contributed by atoms with van der Waals surface area (Å²) < 4.78 is 68.9. The lowest BCUT2D eigenvalue weighted by molar-refractivity contribution is -0.115. The number of halogens is 3. The van der Waals surface area contributed by atoms with E-state index in [9.17, 15) is 21.6 Å². The molecular formula is C17H19F3N6O3S. The van der Waals surface area contributed by atoms with E-state index < -0.39 is 22.7 Å². The van der Waals surface area contributed by atoms with Gasteiger partial charge in [-0.25, -0.2) is 18.1 Å². The Bertz CT molecular complexity index is 991. The molecule has 1 heterocycles. The lowest BCUT2D eigenvalue weighted by Gasteiger charge is -2.12. The molecule has 0 amide bonds. The molecule has 2 aromatic rings. The maximum atomic E-state index is 12.4. The second-order valence-corrected chi connectivity index (χ2v) is 7.70. The highest BCUT2D eigenvalue weighted by atomic mass is 32.2. The predicted octanol–water partition coefficient (Wildman–Crippen LogP) is 2.38. The fraction of sp³-hybridized carbons (Fsp3) is 0.353. The van der Waals surface area contributed by atoms with Crippen LogP contribution in [-0.4, -0.2) is 51.4 Å². The van der Waals surface area contributed by atoms with Crippen molar-refractivity contribution in [2.45, 2.75) is 17.5 Å².